The number of hydrogen-bond acceptors (Lipinski definition) is 3. The van der Waals surface area contributed by atoms with Crippen molar-refractivity contribution in [3.8, 4) is 0 Å². The molecule has 0 aromatic heterocycles. The highest BCUT2D eigenvalue weighted by molar-refractivity contribution is 5.65. The van der Waals surface area contributed by atoms with Crippen LogP contribution in [0.5, 0.6) is 0 Å². The maximum atomic E-state index is 10.5. The minimum Gasteiger partial charge on any atom is -0.466 e. The first-order valence-corrected chi connectivity index (χ1v) is 6.89. The Labute approximate surface area is 105 Å². The first kappa shape index (κ1) is 14.5. The summed E-state index contributed by atoms with van der Waals surface area (Å²) >= 11 is 0. The fraction of sp³-hybridized carbons (Fsp3) is 0.929. The lowest BCUT2D eigenvalue weighted by Gasteiger charge is -2.25. The largest absolute Gasteiger partial charge is 0.466 e. The molecule has 0 aromatic rings. The first-order chi connectivity index (χ1) is 8.18. The molecule has 0 N–H and O–H groups in total. The van der Waals surface area contributed by atoms with Crippen molar-refractivity contribution >= 4 is 5.97 Å². The van der Waals surface area contributed by atoms with Gasteiger partial charge in [-0.15, -0.1) is 0 Å². The van der Waals surface area contributed by atoms with Crippen LogP contribution in [0.3, 0.4) is 0 Å². The van der Waals surface area contributed by atoms with Gasteiger partial charge in [0.15, 0.2) is 0 Å². The van der Waals surface area contributed by atoms with Crippen LogP contribution in [-0.2, 0) is 14.3 Å². The zero-order valence-corrected chi connectivity index (χ0v) is 11.2. The van der Waals surface area contributed by atoms with Crippen molar-refractivity contribution in [2.24, 2.45) is 11.8 Å². The molecule has 3 heteroatoms. The predicted octanol–water partition coefficient (Wildman–Crippen LogP) is 3.17. The maximum absolute atomic E-state index is 10.5. The van der Waals surface area contributed by atoms with Gasteiger partial charge in [-0.05, 0) is 37.5 Å². The zero-order chi connectivity index (χ0) is 12.5. The van der Waals surface area contributed by atoms with Gasteiger partial charge in [-0.2, -0.15) is 0 Å². The third-order valence-corrected chi connectivity index (χ3v) is 3.48. The summed E-state index contributed by atoms with van der Waals surface area (Å²) in [4.78, 5) is 10.5. The number of hydrogen-bond donors (Lipinski definition) is 0. The van der Waals surface area contributed by atoms with Crippen molar-refractivity contribution < 1.29 is 14.3 Å². The molecule has 0 heterocycles. The lowest BCUT2D eigenvalue weighted by molar-refractivity contribution is -0.141. The molecule has 100 valence electrons. The minimum atomic E-state index is -0.192. The molecule has 0 aliphatic heterocycles. The minimum absolute atomic E-state index is 0.192. The molecule has 0 unspecified atom stereocenters. The van der Waals surface area contributed by atoms with Crippen LogP contribution in [0, 0.1) is 11.8 Å². The average Bonchev–Trinajstić information content (AvgIpc) is 2.30. The van der Waals surface area contributed by atoms with Gasteiger partial charge in [-0.25, -0.2) is 0 Å². The van der Waals surface area contributed by atoms with Gasteiger partial charge in [-0.1, -0.05) is 19.8 Å². The molecule has 0 amide bonds. The number of carbonyl (C=O) groups is 1. The first-order valence-electron chi connectivity index (χ1n) is 6.89. The van der Waals surface area contributed by atoms with E-state index < -0.39 is 0 Å². The second-order valence-electron chi connectivity index (χ2n) is 5.25. The van der Waals surface area contributed by atoms with Gasteiger partial charge >= 0.3 is 5.97 Å². The summed E-state index contributed by atoms with van der Waals surface area (Å²) in [5.41, 5.74) is 0. The molecular formula is C14H26O3. The zero-order valence-electron chi connectivity index (χ0n) is 11.2. The quantitative estimate of drug-likeness (QED) is 0.508. The summed E-state index contributed by atoms with van der Waals surface area (Å²) in [7, 11) is 0. The van der Waals surface area contributed by atoms with E-state index in [-0.39, 0.29) is 5.97 Å². The predicted molar refractivity (Wildman–Crippen MR) is 67.8 cm³/mol. The molecular weight excluding hydrogens is 216 g/mol. The summed E-state index contributed by atoms with van der Waals surface area (Å²) in [6, 6.07) is 0. The highest BCUT2D eigenvalue weighted by atomic mass is 16.5. The van der Waals surface area contributed by atoms with E-state index in [2.05, 4.69) is 6.92 Å². The smallest absolute Gasteiger partial charge is 0.302 e. The van der Waals surface area contributed by atoms with Gasteiger partial charge in [0.25, 0.3) is 0 Å². The second kappa shape index (κ2) is 8.51. The van der Waals surface area contributed by atoms with E-state index in [9.17, 15) is 4.79 Å². The average molecular weight is 242 g/mol. The standard InChI is InChI=1S/C14H26O3/c1-12-5-7-14(8-6-12)11-16-9-3-4-10-17-13(2)15/h12,14H,3-11H2,1-2H3. The third kappa shape index (κ3) is 7.37. The third-order valence-electron chi connectivity index (χ3n) is 3.48. The van der Waals surface area contributed by atoms with Gasteiger partial charge in [0.2, 0.25) is 0 Å². The van der Waals surface area contributed by atoms with Gasteiger partial charge < -0.3 is 9.47 Å². The Morgan fingerprint density at radius 1 is 1.12 bits per heavy atom. The van der Waals surface area contributed by atoms with Crippen LogP contribution >= 0.6 is 0 Å². The van der Waals surface area contributed by atoms with E-state index in [1.54, 1.807) is 0 Å². The SMILES string of the molecule is CC(=O)OCCCCOCC1CCC(C)CC1. The molecule has 1 saturated carbocycles. The molecule has 17 heavy (non-hydrogen) atoms. The summed E-state index contributed by atoms with van der Waals surface area (Å²) < 4.78 is 10.5. The van der Waals surface area contributed by atoms with E-state index in [0.717, 1.165) is 37.9 Å². The maximum Gasteiger partial charge on any atom is 0.302 e. The van der Waals surface area contributed by atoms with E-state index in [1.165, 1.54) is 32.6 Å². The van der Waals surface area contributed by atoms with Crippen LogP contribution in [0.2, 0.25) is 0 Å². The molecule has 1 aliphatic carbocycles. The van der Waals surface area contributed by atoms with Crippen LogP contribution in [-0.4, -0.2) is 25.8 Å². The van der Waals surface area contributed by atoms with Crippen molar-refractivity contribution in [2.45, 2.75) is 52.4 Å². The molecule has 1 rings (SSSR count). The van der Waals surface area contributed by atoms with Crippen molar-refractivity contribution in [3.63, 3.8) is 0 Å². The normalized spacial score (nSPS) is 24.6. The number of ether oxygens (including phenoxy) is 2. The number of rotatable bonds is 7. The molecule has 3 nitrogen and oxygen atoms in total. The van der Waals surface area contributed by atoms with E-state index >= 15 is 0 Å². The lowest BCUT2D eigenvalue weighted by Crippen LogP contribution is -2.17. The molecule has 0 bridgehead atoms. The van der Waals surface area contributed by atoms with Crippen molar-refractivity contribution in [3.05, 3.63) is 0 Å². The molecule has 0 aromatic carbocycles. The van der Waals surface area contributed by atoms with Crippen LogP contribution in [0.25, 0.3) is 0 Å². The lowest BCUT2D eigenvalue weighted by atomic mass is 9.83. The van der Waals surface area contributed by atoms with Gasteiger partial charge in [0, 0.05) is 20.1 Å². The van der Waals surface area contributed by atoms with Crippen LogP contribution in [0.1, 0.15) is 52.4 Å². The summed E-state index contributed by atoms with van der Waals surface area (Å²) in [6.07, 6.45) is 7.27. The molecule has 1 aliphatic rings. The Kier molecular flexibility index (Phi) is 7.25. The molecule has 1 fully saturated rings. The highest BCUT2D eigenvalue weighted by Gasteiger charge is 2.17. The topological polar surface area (TPSA) is 35.5 Å². The second-order valence-corrected chi connectivity index (χ2v) is 5.25. The Morgan fingerprint density at radius 3 is 2.41 bits per heavy atom. The van der Waals surface area contributed by atoms with Gasteiger partial charge in [0.1, 0.15) is 0 Å². The molecule has 0 spiro atoms. The number of carbonyl (C=O) groups excluding carboxylic acids is 1. The highest BCUT2D eigenvalue weighted by Crippen LogP contribution is 2.28. The van der Waals surface area contributed by atoms with E-state index in [4.69, 9.17) is 9.47 Å². The van der Waals surface area contributed by atoms with E-state index in [1.807, 2.05) is 0 Å². The number of unbranched alkanes of at least 4 members (excludes halogenated alkanes) is 1. The Bertz CT molecular complexity index is 208. The summed E-state index contributed by atoms with van der Waals surface area (Å²) in [5, 5.41) is 0. The number of esters is 1. The Morgan fingerprint density at radius 2 is 1.76 bits per heavy atom. The Balaban J connectivity index is 1.85. The summed E-state index contributed by atoms with van der Waals surface area (Å²) in [5.74, 6) is 1.50. The fourth-order valence-corrected chi connectivity index (χ4v) is 2.27. The van der Waals surface area contributed by atoms with Crippen LogP contribution < -0.4 is 0 Å². The van der Waals surface area contributed by atoms with Gasteiger partial charge in [0.05, 0.1) is 6.61 Å². The van der Waals surface area contributed by atoms with Crippen molar-refractivity contribution in [1.82, 2.24) is 0 Å². The van der Waals surface area contributed by atoms with Crippen LogP contribution in [0.15, 0.2) is 0 Å². The van der Waals surface area contributed by atoms with E-state index in [0.29, 0.717) is 6.61 Å². The summed E-state index contributed by atoms with van der Waals surface area (Å²) in [6.45, 7) is 6.03. The Hall–Kier alpha value is -0.570. The monoisotopic (exact) mass is 242 g/mol. The van der Waals surface area contributed by atoms with Crippen LogP contribution in [0.4, 0.5) is 0 Å². The fourth-order valence-electron chi connectivity index (χ4n) is 2.27. The molecule has 0 atom stereocenters. The van der Waals surface area contributed by atoms with Crippen molar-refractivity contribution in [2.75, 3.05) is 19.8 Å². The molecule has 0 saturated heterocycles. The van der Waals surface area contributed by atoms with Gasteiger partial charge in [-0.3, -0.25) is 4.79 Å². The molecule has 0 radical (unpaired) electrons. The van der Waals surface area contributed by atoms with Crippen molar-refractivity contribution in [1.29, 1.82) is 0 Å².